The van der Waals surface area contributed by atoms with Gasteiger partial charge in [0.15, 0.2) is 0 Å². The van der Waals surface area contributed by atoms with Crippen LogP contribution in [0, 0.1) is 5.41 Å². The molecule has 0 spiro atoms. The Hall–Kier alpha value is -1.55. The van der Waals surface area contributed by atoms with E-state index < -0.39 is 0 Å². The second-order valence-electron chi connectivity index (χ2n) is 4.11. The maximum absolute atomic E-state index is 7.64. The molecule has 0 bridgehead atoms. The van der Waals surface area contributed by atoms with Gasteiger partial charge in [-0.25, -0.2) is 4.98 Å². The van der Waals surface area contributed by atoms with E-state index in [1.54, 1.807) is 11.8 Å². The zero-order valence-electron chi connectivity index (χ0n) is 9.90. The number of pyridine rings is 1. The molecular formula is C13H15N3S. The lowest BCUT2D eigenvalue weighted by atomic mass is 10.1. The summed E-state index contributed by atoms with van der Waals surface area (Å²) in [5.41, 5.74) is 7.28. The summed E-state index contributed by atoms with van der Waals surface area (Å²) >= 11 is 1.68. The maximum atomic E-state index is 7.64. The molecule has 88 valence electrons. The van der Waals surface area contributed by atoms with Crippen molar-refractivity contribution in [2.24, 2.45) is 5.73 Å². The van der Waals surface area contributed by atoms with Crippen LogP contribution in [0.25, 0.3) is 10.9 Å². The lowest BCUT2D eigenvalue weighted by Gasteiger charge is -2.09. The van der Waals surface area contributed by atoms with Crippen molar-refractivity contribution in [2.45, 2.75) is 24.1 Å². The Morgan fingerprint density at radius 1 is 1.35 bits per heavy atom. The summed E-state index contributed by atoms with van der Waals surface area (Å²) in [7, 11) is 0. The molecule has 4 heteroatoms. The molecule has 0 saturated heterocycles. The Kier molecular flexibility index (Phi) is 3.33. The van der Waals surface area contributed by atoms with Crippen LogP contribution in [0.15, 0.2) is 35.4 Å². The number of fused-ring (bicyclic) bond motifs is 1. The van der Waals surface area contributed by atoms with E-state index >= 15 is 0 Å². The minimum atomic E-state index is 0.0919. The van der Waals surface area contributed by atoms with Crippen molar-refractivity contribution in [3.05, 3.63) is 35.9 Å². The molecule has 0 radical (unpaired) electrons. The average Bonchev–Trinajstić information content (AvgIpc) is 2.27. The number of hydrogen-bond acceptors (Lipinski definition) is 3. The summed E-state index contributed by atoms with van der Waals surface area (Å²) in [5, 5.41) is 9.96. The molecule has 0 fully saturated rings. The molecule has 2 aromatic rings. The monoisotopic (exact) mass is 245 g/mol. The quantitative estimate of drug-likeness (QED) is 0.496. The van der Waals surface area contributed by atoms with Crippen LogP contribution < -0.4 is 5.73 Å². The van der Waals surface area contributed by atoms with Crippen molar-refractivity contribution >= 4 is 28.5 Å². The highest BCUT2D eigenvalue weighted by atomic mass is 32.2. The Bertz CT molecular complexity index is 564. The zero-order chi connectivity index (χ0) is 12.4. The van der Waals surface area contributed by atoms with Gasteiger partial charge in [0.2, 0.25) is 0 Å². The van der Waals surface area contributed by atoms with Gasteiger partial charge in [-0.2, -0.15) is 0 Å². The molecule has 3 N–H and O–H groups in total. The second-order valence-corrected chi connectivity index (χ2v) is 5.70. The predicted octanol–water partition coefficient (Wildman–Crippen LogP) is 3.02. The van der Waals surface area contributed by atoms with Gasteiger partial charge in [-0.1, -0.05) is 32.0 Å². The molecule has 0 aliphatic heterocycles. The summed E-state index contributed by atoms with van der Waals surface area (Å²) < 4.78 is 0. The van der Waals surface area contributed by atoms with Crippen LogP contribution >= 0.6 is 11.8 Å². The minimum absolute atomic E-state index is 0.0919. The highest BCUT2D eigenvalue weighted by Gasteiger charge is 2.09. The van der Waals surface area contributed by atoms with E-state index in [-0.39, 0.29) is 5.84 Å². The average molecular weight is 245 g/mol. The molecule has 1 aromatic carbocycles. The molecule has 0 unspecified atom stereocenters. The molecule has 2 rings (SSSR count). The normalized spacial score (nSPS) is 11.0. The minimum Gasteiger partial charge on any atom is -0.384 e. The number of rotatable bonds is 3. The van der Waals surface area contributed by atoms with Gasteiger partial charge in [0.05, 0.1) is 10.5 Å². The largest absolute Gasteiger partial charge is 0.384 e. The van der Waals surface area contributed by atoms with Gasteiger partial charge in [0.25, 0.3) is 0 Å². The van der Waals surface area contributed by atoms with Crippen molar-refractivity contribution in [3.63, 3.8) is 0 Å². The first-order valence-electron chi connectivity index (χ1n) is 5.49. The zero-order valence-corrected chi connectivity index (χ0v) is 10.7. The van der Waals surface area contributed by atoms with Crippen molar-refractivity contribution in [1.82, 2.24) is 4.98 Å². The second kappa shape index (κ2) is 4.75. The van der Waals surface area contributed by atoms with E-state index in [0.717, 1.165) is 21.5 Å². The fraction of sp³-hybridized carbons (Fsp3) is 0.231. The Morgan fingerprint density at radius 2 is 2.06 bits per heavy atom. The van der Waals surface area contributed by atoms with Gasteiger partial charge in [0.1, 0.15) is 5.84 Å². The van der Waals surface area contributed by atoms with Gasteiger partial charge >= 0.3 is 0 Å². The van der Waals surface area contributed by atoms with Crippen LogP contribution in [0.1, 0.15) is 19.4 Å². The van der Waals surface area contributed by atoms with Gasteiger partial charge < -0.3 is 5.73 Å². The maximum Gasteiger partial charge on any atom is 0.123 e. The van der Waals surface area contributed by atoms with E-state index in [9.17, 15) is 0 Å². The predicted molar refractivity (Wildman–Crippen MR) is 73.8 cm³/mol. The number of amidine groups is 1. The van der Waals surface area contributed by atoms with Crippen molar-refractivity contribution < 1.29 is 0 Å². The van der Waals surface area contributed by atoms with E-state index in [1.165, 1.54) is 0 Å². The summed E-state index contributed by atoms with van der Waals surface area (Å²) in [6.07, 6.45) is 0. The number of aromatic nitrogens is 1. The SMILES string of the molecule is CC(C)Sc1cc(C(=N)N)c2ccccc2n1. The van der Waals surface area contributed by atoms with Crippen molar-refractivity contribution in [1.29, 1.82) is 5.41 Å². The third-order valence-electron chi connectivity index (χ3n) is 2.34. The number of nitrogens with one attached hydrogen (secondary N) is 1. The first-order valence-corrected chi connectivity index (χ1v) is 6.36. The highest BCUT2D eigenvalue weighted by Crippen LogP contribution is 2.26. The molecule has 0 atom stereocenters. The van der Waals surface area contributed by atoms with Gasteiger partial charge in [-0.15, -0.1) is 11.8 Å². The molecule has 1 heterocycles. The van der Waals surface area contributed by atoms with Gasteiger partial charge in [-0.05, 0) is 12.1 Å². The Labute approximate surface area is 105 Å². The molecule has 0 amide bonds. The van der Waals surface area contributed by atoms with Crippen LogP contribution in [0.5, 0.6) is 0 Å². The number of nitrogens with zero attached hydrogens (tertiary/aromatic N) is 1. The molecule has 17 heavy (non-hydrogen) atoms. The molecule has 1 aromatic heterocycles. The smallest absolute Gasteiger partial charge is 0.123 e. The number of nitrogen functional groups attached to an aromatic ring is 1. The number of hydrogen-bond donors (Lipinski definition) is 2. The van der Waals surface area contributed by atoms with Crippen molar-refractivity contribution in [3.8, 4) is 0 Å². The van der Waals surface area contributed by atoms with Crippen LogP contribution in [0.4, 0.5) is 0 Å². The molecule has 0 saturated carbocycles. The van der Waals surface area contributed by atoms with Gasteiger partial charge in [-0.3, -0.25) is 5.41 Å². The lowest BCUT2D eigenvalue weighted by molar-refractivity contribution is 1.09. The first-order chi connectivity index (χ1) is 8.08. The van der Waals surface area contributed by atoms with E-state index in [4.69, 9.17) is 11.1 Å². The Morgan fingerprint density at radius 3 is 2.71 bits per heavy atom. The van der Waals surface area contributed by atoms with Crippen LogP contribution in [-0.4, -0.2) is 16.1 Å². The number of benzene rings is 1. The van der Waals surface area contributed by atoms with E-state index in [1.807, 2.05) is 30.3 Å². The number of para-hydroxylation sites is 1. The molecular weight excluding hydrogens is 230 g/mol. The highest BCUT2D eigenvalue weighted by molar-refractivity contribution is 7.99. The van der Waals surface area contributed by atoms with Crippen LogP contribution in [0.3, 0.4) is 0 Å². The lowest BCUT2D eigenvalue weighted by Crippen LogP contribution is -2.12. The molecule has 3 nitrogen and oxygen atoms in total. The fourth-order valence-corrected chi connectivity index (χ4v) is 2.50. The molecule has 0 aliphatic rings. The number of nitrogens with two attached hydrogens (primary N) is 1. The summed E-state index contributed by atoms with van der Waals surface area (Å²) in [4.78, 5) is 4.57. The first kappa shape index (κ1) is 11.9. The Balaban J connectivity index is 2.63. The summed E-state index contributed by atoms with van der Waals surface area (Å²) in [6, 6.07) is 9.68. The van der Waals surface area contributed by atoms with Crippen LogP contribution in [0.2, 0.25) is 0 Å². The molecule has 0 aliphatic carbocycles. The summed E-state index contributed by atoms with van der Waals surface area (Å²) in [5.74, 6) is 0.0919. The topological polar surface area (TPSA) is 62.8 Å². The third kappa shape index (κ3) is 2.58. The van der Waals surface area contributed by atoms with E-state index in [0.29, 0.717) is 5.25 Å². The fourth-order valence-electron chi connectivity index (χ4n) is 1.68. The van der Waals surface area contributed by atoms with Crippen molar-refractivity contribution in [2.75, 3.05) is 0 Å². The standard InChI is InChI=1S/C13H15N3S/c1-8(2)17-12-7-10(13(14)15)9-5-3-4-6-11(9)16-12/h3-8H,1-2H3,(H3,14,15). The number of thioether (sulfide) groups is 1. The third-order valence-corrected chi connectivity index (χ3v) is 3.26. The van der Waals surface area contributed by atoms with Crippen LogP contribution in [-0.2, 0) is 0 Å². The van der Waals surface area contributed by atoms with Gasteiger partial charge in [0, 0.05) is 16.2 Å². The summed E-state index contributed by atoms with van der Waals surface area (Å²) in [6.45, 7) is 4.24. The van der Waals surface area contributed by atoms with E-state index in [2.05, 4.69) is 18.8 Å².